The molecule has 0 aliphatic rings. The SMILES string of the molecule is CCOc1nccnc1-n1nc(C(F)(F)F)c(-c2cnn(-c3c(C(F)(F)F)c(C(F)(F)C(F)(F)F)nn3C)c2)c1N. The zero-order valence-corrected chi connectivity index (χ0v) is 20.2. The van der Waals surface area contributed by atoms with Gasteiger partial charge in [0.05, 0.1) is 18.4 Å². The van der Waals surface area contributed by atoms with Gasteiger partial charge in [-0.3, -0.25) is 0 Å². The van der Waals surface area contributed by atoms with Gasteiger partial charge < -0.3 is 10.5 Å². The minimum atomic E-state index is -6.46. The Labute approximate surface area is 220 Å². The predicted octanol–water partition coefficient (Wildman–Crippen LogP) is 4.92. The number of hydrogen-bond acceptors (Lipinski definition) is 7. The van der Waals surface area contributed by atoms with E-state index in [-0.39, 0.29) is 27.7 Å². The molecule has 0 amide bonds. The van der Waals surface area contributed by atoms with Crippen molar-refractivity contribution in [1.82, 2.24) is 39.3 Å². The van der Waals surface area contributed by atoms with Gasteiger partial charge >= 0.3 is 24.5 Å². The second-order valence-corrected chi connectivity index (χ2v) is 8.05. The molecule has 0 aliphatic heterocycles. The van der Waals surface area contributed by atoms with Crippen molar-refractivity contribution >= 4 is 5.82 Å². The molecule has 0 radical (unpaired) electrons. The van der Waals surface area contributed by atoms with E-state index in [1.807, 2.05) is 0 Å². The van der Waals surface area contributed by atoms with E-state index in [4.69, 9.17) is 10.5 Å². The van der Waals surface area contributed by atoms with Crippen LogP contribution in [-0.2, 0) is 25.3 Å². The summed E-state index contributed by atoms with van der Waals surface area (Å²) in [7, 11) is 0.610. The molecule has 222 valence electrons. The molecule has 41 heavy (non-hydrogen) atoms. The minimum absolute atomic E-state index is 0.0141. The highest BCUT2D eigenvalue weighted by atomic mass is 19.4. The van der Waals surface area contributed by atoms with Crippen molar-refractivity contribution in [2.24, 2.45) is 7.05 Å². The van der Waals surface area contributed by atoms with Gasteiger partial charge in [-0.25, -0.2) is 19.3 Å². The molecule has 21 heteroatoms. The number of anilines is 1. The highest BCUT2D eigenvalue weighted by Crippen LogP contribution is 2.49. The number of aryl methyl sites for hydroxylation is 1. The summed E-state index contributed by atoms with van der Waals surface area (Å²) in [5.41, 5.74) is -2.48. The monoisotopic (exact) mass is 605 g/mol. The highest BCUT2D eigenvalue weighted by Gasteiger charge is 2.64. The second kappa shape index (κ2) is 9.58. The Morgan fingerprint density at radius 2 is 1.51 bits per heavy atom. The van der Waals surface area contributed by atoms with Crippen molar-refractivity contribution in [3.63, 3.8) is 0 Å². The van der Waals surface area contributed by atoms with Crippen LogP contribution in [-0.4, -0.2) is 52.1 Å². The van der Waals surface area contributed by atoms with Crippen molar-refractivity contribution < 1.29 is 53.0 Å². The average Bonchev–Trinajstić information content (AvgIpc) is 3.53. The van der Waals surface area contributed by atoms with Crippen LogP contribution in [0.1, 0.15) is 23.9 Å². The fourth-order valence-electron chi connectivity index (χ4n) is 3.74. The van der Waals surface area contributed by atoms with E-state index in [9.17, 15) is 48.3 Å². The van der Waals surface area contributed by atoms with E-state index in [0.29, 0.717) is 24.1 Å². The smallest absolute Gasteiger partial charge is 0.459 e. The van der Waals surface area contributed by atoms with Crippen molar-refractivity contribution in [1.29, 1.82) is 0 Å². The molecular weight excluding hydrogens is 591 g/mol. The number of nitrogens with zero attached hydrogens (tertiary/aromatic N) is 8. The first kappa shape index (κ1) is 29.5. The number of nitrogen functional groups attached to an aromatic ring is 1. The number of nitrogens with two attached hydrogens (primary N) is 1. The molecule has 0 saturated carbocycles. The molecule has 0 aromatic carbocycles. The fraction of sp³-hybridized carbons (Fsp3) is 0.350. The Balaban J connectivity index is 1.95. The predicted molar refractivity (Wildman–Crippen MR) is 114 cm³/mol. The molecule has 4 aromatic heterocycles. The van der Waals surface area contributed by atoms with Crippen LogP contribution in [0.25, 0.3) is 22.8 Å². The molecular formula is C20H14F11N9O. The van der Waals surface area contributed by atoms with Crippen LogP contribution < -0.4 is 10.5 Å². The van der Waals surface area contributed by atoms with Crippen LogP contribution in [0.5, 0.6) is 5.88 Å². The molecule has 0 spiro atoms. The molecule has 0 aliphatic carbocycles. The number of alkyl halides is 11. The molecule has 2 N–H and O–H groups in total. The molecule has 4 rings (SSSR count). The second-order valence-electron chi connectivity index (χ2n) is 8.05. The lowest BCUT2D eigenvalue weighted by molar-refractivity contribution is -0.292. The molecule has 0 bridgehead atoms. The van der Waals surface area contributed by atoms with Gasteiger partial charge in [0, 0.05) is 31.2 Å². The van der Waals surface area contributed by atoms with E-state index in [1.165, 1.54) is 6.92 Å². The third kappa shape index (κ3) is 4.99. The van der Waals surface area contributed by atoms with Gasteiger partial charge in [0.2, 0.25) is 5.82 Å². The summed E-state index contributed by atoms with van der Waals surface area (Å²) in [5, 5.41) is 9.62. The summed E-state index contributed by atoms with van der Waals surface area (Å²) in [4.78, 5) is 7.68. The van der Waals surface area contributed by atoms with Crippen LogP contribution in [0.4, 0.5) is 54.1 Å². The topological polar surface area (TPSA) is 114 Å². The van der Waals surface area contributed by atoms with Crippen LogP contribution in [0, 0.1) is 0 Å². The van der Waals surface area contributed by atoms with Crippen LogP contribution in [0.2, 0.25) is 0 Å². The molecule has 4 heterocycles. The Bertz CT molecular complexity index is 1580. The third-order valence-electron chi connectivity index (χ3n) is 5.36. The average molecular weight is 605 g/mol. The van der Waals surface area contributed by atoms with E-state index in [2.05, 4.69) is 25.3 Å². The summed E-state index contributed by atoms with van der Waals surface area (Å²) >= 11 is 0. The zero-order valence-electron chi connectivity index (χ0n) is 20.2. The molecule has 0 unspecified atom stereocenters. The van der Waals surface area contributed by atoms with E-state index < -0.39 is 64.2 Å². The van der Waals surface area contributed by atoms with Gasteiger partial charge in [-0.1, -0.05) is 0 Å². The largest absolute Gasteiger partial charge is 0.475 e. The normalized spacial score (nSPS) is 13.2. The number of ether oxygens (including phenoxy) is 1. The summed E-state index contributed by atoms with van der Waals surface area (Å²) in [6, 6.07) is 0. The lowest BCUT2D eigenvalue weighted by Gasteiger charge is -2.19. The number of hydrogen-bond donors (Lipinski definition) is 1. The fourth-order valence-corrected chi connectivity index (χ4v) is 3.74. The Morgan fingerprint density at radius 1 is 0.878 bits per heavy atom. The van der Waals surface area contributed by atoms with E-state index >= 15 is 0 Å². The van der Waals surface area contributed by atoms with Crippen LogP contribution >= 0.6 is 0 Å². The molecule has 0 fully saturated rings. The summed E-state index contributed by atoms with van der Waals surface area (Å²) < 4.78 is 156. The molecule has 0 atom stereocenters. The summed E-state index contributed by atoms with van der Waals surface area (Å²) in [6.45, 7) is 1.55. The van der Waals surface area contributed by atoms with E-state index in [1.54, 1.807) is 0 Å². The number of halogens is 11. The highest BCUT2D eigenvalue weighted by molar-refractivity contribution is 5.78. The summed E-state index contributed by atoms with van der Waals surface area (Å²) in [5.74, 6) is -8.92. The third-order valence-corrected chi connectivity index (χ3v) is 5.36. The first-order chi connectivity index (χ1) is 18.8. The van der Waals surface area contributed by atoms with Crippen molar-refractivity contribution in [3.8, 4) is 28.6 Å². The lowest BCUT2D eigenvalue weighted by atomic mass is 10.1. The molecule has 4 aromatic rings. The van der Waals surface area contributed by atoms with Crippen molar-refractivity contribution in [2.75, 3.05) is 12.3 Å². The number of aromatic nitrogens is 8. The van der Waals surface area contributed by atoms with Gasteiger partial charge in [0.15, 0.2) is 17.2 Å². The number of rotatable bonds is 6. The standard InChI is InChI=1S/C20H14F11N9O/c1-3-41-15-14(33-4-5-34-15)40-13(32)9(11(37-40)19(26,27)28)8-6-35-39(7-8)16-10(18(23,24)25)12(36-38(16)2)17(21,22)20(29,30)31/h4-7H,3,32H2,1-2H3. The maximum absolute atomic E-state index is 14.0. The summed E-state index contributed by atoms with van der Waals surface area (Å²) in [6.07, 6.45) is -14.2. The van der Waals surface area contributed by atoms with Gasteiger partial charge in [-0.2, -0.15) is 68.3 Å². The van der Waals surface area contributed by atoms with Gasteiger partial charge in [-0.15, -0.1) is 0 Å². The maximum Gasteiger partial charge on any atom is 0.459 e. The first-order valence-electron chi connectivity index (χ1n) is 10.8. The Morgan fingerprint density at radius 3 is 2.07 bits per heavy atom. The minimum Gasteiger partial charge on any atom is -0.475 e. The van der Waals surface area contributed by atoms with Crippen LogP contribution in [0.15, 0.2) is 24.8 Å². The Kier molecular flexibility index (Phi) is 6.90. The van der Waals surface area contributed by atoms with Crippen LogP contribution in [0.3, 0.4) is 0 Å². The lowest BCUT2D eigenvalue weighted by Crippen LogP contribution is -2.36. The van der Waals surface area contributed by atoms with Crippen molar-refractivity contribution in [3.05, 3.63) is 41.7 Å². The van der Waals surface area contributed by atoms with Gasteiger partial charge in [-0.05, 0) is 6.92 Å². The quantitative estimate of drug-likeness (QED) is 0.311. The maximum atomic E-state index is 14.0. The van der Waals surface area contributed by atoms with Gasteiger partial charge in [0.1, 0.15) is 11.4 Å². The zero-order chi connectivity index (χ0) is 30.7. The molecule has 0 saturated heterocycles. The first-order valence-corrected chi connectivity index (χ1v) is 10.8. The Hall–Kier alpha value is -4.46. The van der Waals surface area contributed by atoms with Gasteiger partial charge in [0.25, 0.3) is 5.88 Å². The van der Waals surface area contributed by atoms with Crippen molar-refractivity contribution in [2.45, 2.75) is 31.4 Å². The molecule has 10 nitrogen and oxygen atoms in total. The van der Waals surface area contributed by atoms with E-state index in [0.717, 1.165) is 12.4 Å².